The highest BCUT2D eigenvalue weighted by Crippen LogP contribution is 2.36. The summed E-state index contributed by atoms with van der Waals surface area (Å²) < 4.78 is 10.6. The summed E-state index contributed by atoms with van der Waals surface area (Å²) in [5, 5.41) is 4.25. The summed E-state index contributed by atoms with van der Waals surface area (Å²) >= 11 is 6.09. The molecule has 0 bridgehead atoms. The number of imide groups is 2. The Bertz CT molecular complexity index is 662. The molecule has 0 radical (unpaired) electrons. The van der Waals surface area contributed by atoms with Crippen molar-refractivity contribution < 1.29 is 23.9 Å². The van der Waals surface area contributed by atoms with Crippen molar-refractivity contribution in [3.05, 3.63) is 28.3 Å². The molecule has 116 valence electrons. The Balaban J connectivity index is 2.44. The average molecular weight is 325 g/mol. The van der Waals surface area contributed by atoms with Gasteiger partial charge in [-0.15, -0.1) is 0 Å². The summed E-state index contributed by atoms with van der Waals surface area (Å²) in [4.78, 5) is 34.4. The molecule has 0 aliphatic carbocycles. The van der Waals surface area contributed by atoms with Gasteiger partial charge in [-0.2, -0.15) is 0 Å². The van der Waals surface area contributed by atoms with Crippen LogP contribution in [0.25, 0.3) is 6.08 Å². The van der Waals surface area contributed by atoms with E-state index in [-0.39, 0.29) is 10.6 Å². The van der Waals surface area contributed by atoms with Crippen molar-refractivity contribution in [3.63, 3.8) is 0 Å². The van der Waals surface area contributed by atoms with Gasteiger partial charge in [0.15, 0.2) is 11.5 Å². The fraction of sp³-hybridized carbons (Fsp3) is 0.214. The quantitative estimate of drug-likeness (QED) is 0.646. The molecule has 0 unspecified atom stereocenters. The zero-order valence-corrected chi connectivity index (χ0v) is 12.6. The third kappa shape index (κ3) is 3.20. The number of amides is 4. The summed E-state index contributed by atoms with van der Waals surface area (Å²) in [6.07, 6.45) is 1.31. The van der Waals surface area contributed by atoms with Crippen LogP contribution < -0.4 is 20.1 Å². The molecule has 1 aliphatic heterocycles. The first-order valence-corrected chi connectivity index (χ1v) is 6.72. The molecule has 1 saturated heterocycles. The molecule has 1 heterocycles. The third-order valence-corrected chi connectivity index (χ3v) is 3.07. The number of rotatable bonds is 4. The van der Waals surface area contributed by atoms with Crippen LogP contribution in [0.3, 0.4) is 0 Å². The largest absolute Gasteiger partial charge is 0.491 e. The number of halogens is 1. The standard InChI is InChI=1S/C14H13ClN2O5/c1-3-22-10-6-7(5-9(15)11(10)21-2)4-8-12(18)16-14(20)17-13(8)19/h4-6H,3H2,1-2H3,(H2,16,17,18,19,20). The summed E-state index contributed by atoms with van der Waals surface area (Å²) in [7, 11) is 1.45. The third-order valence-electron chi connectivity index (χ3n) is 2.79. The Kier molecular flexibility index (Phi) is 4.67. The molecule has 1 aromatic rings. The van der Waals surface area contributed by atoms with Gasteiger partial charge in [0.25, 0.3) is 11.8 Å². The Labute approximate surface area is 131 Å². The van der Waals surface area contributed by atoms with Gasteiger partial charge in [-0.1, -0.05) is 11.6 Å². The minimum absolute atomic E-state index is 0.205. The molecule has 1 aromatic carbocycles. The minimum Gasteiger partial charge on any atom is -0.491 e. The van der Waals surface area contributed by atoms with Crippen LogP contribution in [-0.4, -0.2) is 31.6 Å². The Morgan fingerprint density at radius 3 is 2.36 bits per heavy atom. The minimum atomic E-state index is -0.852. The lowest BCUT2D eigenvalue weighted by atomic mass is 10.1. The van der Waals surface area contributed by atoms with Gasteiger partial charge in [0.2, 0.25) is 0 Å². The highest BCUT2D eigenvalue weighted by molar-refractivity contribution is 6.33. The van der Waals surface area contributed by atoms with E-state index in [9.17, 15) is 14.4 Å². The lowest BCUT2D eigenvalue weighted by molar-refractivity contribution is -0.123. The van der Waals surface area contributed by atoms with Crippen LogP contribution in [0.5, 0.6) is 11.5 Å². The molecule has 1 aliphatic rings. The molecule has 4 amide bonds. The molecule has 2 N–H and O–H groups in total. The Morgan fingerprint density at radius 2 is 1.82 bits per heavy atom. The van der Waals surface area contributed by atoms with E-state index in [1.165, 1.54) is 19.3 Å². The van der Waals surface area contributed by atoms with Gasteiger partial charge in [-0.3, -0.25) is 20.2 Å². The zero-order chi connectivity index (χ0) is 16.3. The molecular formula is C14H13ClN2O5. The van der Waals surface area contributed by atoms with Crippen molar-refractivity contribution in [2.75, 3.05) is 13.7 Å². The van der Waals surface area contributed by atoms with Crippen molar-refractivity contribution in [2.45, 2.75) is 6.92 Å². The van der Waals surface area contributed by atoms with Crippen molar-refractivity contribution in [3.8, 4) is 11.5 Å². The first-order valence-electron chi connectivity index (χ1n) is 6.35. The number of ether oxygens (including phenoxy) is 2. The van der Waals surface area contributed by atoms with Gasteiger partial charge >= 0.3 is 6.03 Å². The molecule has 1 fully saturated rings. The highest BCUT2D eigenvalue weighted by atomic mass is 35.5. The predicted molar refractivity (Wildman–Crippen MR) is 78.8 cm³/mol. The van der Waals surface area contributed by atoms with Crippen molar-refractivity contribution >= 4 is 35.5 Å². The van der Waals surface area contributed by atoms with E-state index in [2.05, 4.69) is 0 Å². The van der Waals surface area contributed by atoms with Gasteiger partial charge in [0.05, 0.1) is 18.7 Å². The van der Waals surface area contributed by atoms with E-state index in [1.807, 2.05) is 10.6 Å². The number of hydrogen-bond donors (Lipinski definition) is 2. The maximum absolute atomic E-state index is 11.7. The Hall–Kier alpha value is -2.54. The van der Waals surface area contributed by atoms with Crippen LogP contribution in [0, 0.1) is 0 Å². The van der Waals surface area contributed by atoms with Crippen LogP contribution in [0.15, 0.2) is 17.7 Å². The second-order valence-electron chi connectivity index (χ2n) is 4.26. The number of hydrogen-bond acceptors (Lipinski definition) is 5. The lowest BCUT2D eigenvalue weighted by Gasteiger charge is -2.15. The molecule has 0 atom stereocenters. The van der Waals surface area contributed by atoms with Gasteiger partial charge in [0.1, 0.15) is 5.57 Å². The number of carbonyl (C=O) groups excluding carboxylic acids is 3. The molecular weight excluding hydrogens is 312 g/mol. The van der Waals surface area contributed by atoms with Crippen molar-refractivity contribution in [1.29, 1.82) is 0 Å². The molecule has 0 spiro atoms. The van der Waals surface area contributed by atoms with E-state index in [0.717, 1.165) is 0 Å². The SMILES string of the molecule is CCOc1cc(C=C2C(=O)NC(=O)NC2=O)cc(Cl)c1OC. The number of barbiturate groups is 1. The Morgan fingerprint density at radius 1 is 1.18 bits per heavy atom. The lowest BCUT2D eigenvalue weighted by Crippen LogP contribution is -2.51. The van der Waals surface area contributed by atoms with E-state index < -0.39 is 17.8 Å². The van der Waals surface area contributed by atoms with Crippen LogP contribution in [0.1, 0.15) is 12.5 Å². The summed E-state index contributed by atoms with van der Waals surface area (Å²) in [5.74, 6) is -0.812. The highest BCUT2D eigenvalue weighted by Gasteiger charge is 2.27. The molecule has 0 aromatic heterocycles. The summed E-state index contributed by atoms with van der Waals surface area (Å²) in [5.41, 5.74) is 0.257. The molecule has 8 heteroatoms. The van der Waals surface area contributed by atoms with Gasteiger partial charge < -0.3 is 9.47 Å². The van der Waals surface area contributed by atoms with Crippen LogP contribution in [-0.2, 0) is 9.59 Å². The zero-order valence-electron chi connectivity index (χ0n) is 11.9. The van der Waals surface area contributed by atoms with Crippen molar-refractivity contribution in [2.24, 2.45) is 0 Å². The van der Waals surface area contributed by atoms with E-state index in [1.54, 1.807) is 13.0 Å². The fourth-order valence-corrected chi connectivity index (χ4v) is 2.20. The topological polar surface area (TPSA) is 93.7 Å². The van der Waals surface area contributed by atoms with Gasteiger partial charge in [-0.05, 0) is 30.7 Å². The number of urea groups is 1. The van der Waals surface area contributed by atoms with Crippen LogP contribution in [0.2, 0.25) is 5.02 Å². The first-order chi connectivity index (χ1) is 10.5. The molecule has 7 nitrogen and oxygen atoms in total. The average Bonchev–Trinajstić information content (AvgIpc) is 2.43. The van der Waals surface area contributed by atoms with Crippen LogP contribution in [0.4, 0.5) is 4.79 Å². The van der Waals surface area contributed by atoms with E-state index in [0.29, 0.717) is 23.7 Å². The fourth-order valence-electron chi connectivity index (χ4n) is 1.91. The summed E-state index contributed by atoms with van der Waals surface area (Å²) in [6.45, 7) is 2.19. The van der Waals surface area contributed by atoms with Crippen LogP contribution >= 0.6 is 11.6 Å². The maximum atomic E-state index is 11.7. The number of nitrogens with one attached hydrogen (secondary N) is 2. The first kappa shape index (κ1) is 15.8. The molecule has 22 heavy (non-hydrogen) atoms. The second-order valence-corrected chi connectivity index (χ2v) is 4.67. The smallest absolute Gasteiger partial charge is 0.328 e. The predicted octanol–water partition coefficient (Wildman–Crippen LogP) is 1.50. The summed E-state index contributed by atoms with van der Waals surface area (Å²) in [6, 6.07) is 2.25. The number of methoxy groups -OCH3 is 1. The number of carbonyl (C=O) groups is 3. The normalized spacial score (nSPS) is 14.3. The maximum Gasteiger partial charge on any atom is 0.328 e. The molecule has 0 saturated carbocycles. The van der Waals surface area contributed by atoms with Crippen molar-refractivity contribution in [1.82, 2.24) is 10.6 Å². The van der Waals surface area contributed by atoms with Gasteiger partial charge in [-0.25, -0.2) is 4.79 Å². The monoisotopic (exact) mass is 324 g/mol. The molecule has 2 rings (SSSR count). The number of benzene rings is 1. The van der Waals surface area contributed by atoms with E-state index in [4.69, 9.17) is 21.1 Å². The van der Waals surface area contributed by atoms with E-state index >= 15 is 0 Å². The second kappa shape index (κ2) is 6.48. The van der Waals surface area contributed by atoms with Gasteiger partial charge in [0, 0.05) is 0 Å².